The van der Waals surface area contributed by atoms with E-state index < -0.39 is 5.91 Å². The Labute approximate surface area is 217 Å². The Hall–Kier alpha value is -4.69. The summed E-state index contributed by atoms with van der Waals surface area (Å²) in [7, 11) is 0. The number of hydrogen-bond donors (Lipinski definition) is 3. The van der Waals surface area contributed by atoms with E-state index in [1.807, 2.05) is 73.7 Å². The number of aryl methyl sites for hydroxylation is 1. The third kappa shape index (κ3) is 5.44. The molecule has 0 aliphatic carbocycles. The van der Waals surface area contributed by atoms with E-state index in [4.69, 9.17) is 5.73 Å². The monoisotopic (exact) mass is 505 g/mol. The SMILES string of the molecule is Cc1ccc(C(N)=O)cc1NC(=O)c1ccccc1Sc1ccc2c(/C=C/c3ccccn3)n[nH]c2c1. The number of anilines is 1. The van der Waals surface area contributed by atoms with Crippen LogP contribution in [0.2, 0.25) is 0 Å². The summed E-state index contributed by atoms with van der Waals surface area (Å²) >= 11 is 1.49. The molecular formula is C29H23N5O2S. The van der Waals surface area contributed by atoms with Crippen molar-refractivity contribution in [3.05, 3.63) is 113 Å². The van der Waals surface area contributed by atoms with Crippen LogP contribution in [0, 0.1) is 6.92 Å². The highest BCUT2D eigenvalue weighted by atomic mass is 32.2. The number of primary amides is 1. The van der Waals surface area contributed by atoms with Crippen molar-refractivity contribution in [2.75, 3.05) is 5.32 Å². The molecule has 0 aliphatic heterocycles. The Morgan fingerprint density at radius 1 is 0.973 bits per heavy atom. The zero-order valence-electron chi connectivity index (χ0n) is 19.9. The van der Waals surface area contributed by atoms with Crippen molar-refractivity contribution in [3.63, 3.8) is 0 Å². The van der Waals surface area contributed by atoms with Crippen LogP contribution in [0.5, 0.6) is 0 Å². The average Bonchev–Trinajstić information content (AvgIpc) is 3.31. The zero-order chi connectivity index (χ0) is 25.8. The molecule has 0 spiro atoms. The highest BCUT2D eigenvalue weighted by Crippen LogP contribution is 2.33. The number of nitrogens with two attached hydrogens (primary N) is 1. The number of hydrogen-bond acceptors (Lipinski definition) is 5. The maximum atomic E-state index is 13.2. The molecule has 2 aromatic heterocycles. The topological polar surface area (TPSA) is 114 Å². The van der Waals surface area contributed by atoms with Crippen molar-refractivity contribution in [1.29, 1.82) is 0 Å². The molecule has 5 aromatic rings. The lowest BCUT2D eigenvalue weighted by Gasteiger charge is -2.12. The third-order valence-electron chi connectivity index (χ3n) is 5.79. The fourth-order valence-electron chi connectivity index (χ4n) is 3.82. The number of rotatable bonds is 7. The van der Waals surface area contributed by atoms with Crippen molar-refractivity contribution < 1.29 is 9.59 Å². The fourth-order valence-corrected chi connectivity index (χ4v) is 4.80. The van der Waals surface area contributed by atoms with Gasteiger partial charge in [-0.15, -0.1) is 0 Å². The van der Waals surface area contributed by atoms with E-state index in [2.05, 4.69) is 20.5 Å². The number of aromatic nitrogens is 3. The van der Waals surface area contributed by atoms with Crippen LogP contribution < -0.4 is 11.1 Å². The first-order chi connectivity index (χ1) is 18.0. The van der Waals surface area contributed by atoms with E-state index in [1.165, 1.54) is 11.8 Å². The molecule has 0 aliphatic rings. The van der Waals surface area contributed by atoms with Crippen molar-refractivity contribution in [3.8, 4) is 0 Å². The number of carbonyl (C=O) groups excluding carboxylic acids is 2. The number of aromatic amines is 1. The van der Waals surface area contributed by atoms with E-state index in [0.29, 0.717) is 16.8 Å². The molecule has 7 nitrogen and oxygen atoms in total. The maximum absolute atomic E-state index is 13.2. The van der Waals surface area contributed by atoms with Crippen molar-refractivity contribution >= 4 is 52.3 Å². The Bertz CT molecular complexity index is 1640. The van der Waals surface area contributed by atoms with Crippen LogP contribution in [0.4, 0.5) is 5.69 Å². The summed E-state index contributed by atoms with van der Waals surface area (Å²) in [5.74, 6) is -0.812. The van der Waals surface area contributed by atoms with Crippen molar-refractivity contribution in [1.82, 2.24) is 15.2 Å². The first-order valence-electron chi connectivity index (χ1n) is 11.5. The largest absolute Gasteiger partial charge is 0.366 e. The van der Waals surface area contributed by atoms with Gasteiger partial charge in [0.25, 0.3) is 5.91 Å². The second kappa shape index (κ2) is 10.5. The Morgan fingerprint density at radius 3 is 2.62 bits per heavy atom. The van der Waals surface area contributed by atoms with Crippen LogP contribution in [0.1, 0.15) is 37.7 Å². The minimum Gasteiger partial charge on any atom is -0.366 e. The number of carbonyl (C=O) groups is 2. The lowest BCUT2D eigenvalue weighted by molar-refractivity contribution is 0.0995. The van der Waals surface area contributed by atoms with E-state index in [0.717, 1.165) is 37.6 Å². The molecule has 4 N–H and O–H groups in total. The first kappa shape index (κ1) is 24.0. The lowest BCUT2D eigenvalue weighted by Crippen LogP contribution is -2.16. The van der Waals surface area contributed by atoms with Crippen LogP contribution in [0.3, 0.4) is 0 Å². The second-order valence-electron chi connectivity index (χ2n) is 8.35. The molecule has 0 bridgehead atoms. The Balaban J connectivity index is 1.37. The van der Waals surface area contributed by atoms with E-state index in [9.17, 15) is 9.59 Å². The van der Waals surface area contributed by atoms with Gasteiger partial charge in [0.15, 0.2) is 0 Å². The molecule has 0 fully saturated rings. The summed E-state index contributed by atoms with van der Waals surface area (Å²) in [6.07, 6.45) is 5.61. The van der Waals surface area contributed by atoms with Gasteiger partial charge in [-0.1, -0.05) is 36.0 Å². The normalized spacial score (nSPS) is 11.2. The maximum Gasteiger partial charge on any atom is 0.256 e. The van der Waals surface area contributed by atoms with Gasteiger partial charge in [-0.05, 0) is 79.2 Å². The lowest BCUT2D eigenvalue weighted by atomic mass is 10.1. The van der Waals surface area contributed by atoms with Gasteiger partial charge in [0.2, 0.25) is 5.91 Å². The summed E-state index contributed by atoms with van der Waals surface area (Å²) in [4.78, 5) is 30.8. The number of nitrogens with one attached hydrogen (secondary N) is 2. The number of nitrogens with zero attached hydrogens (tertiary/aromatic N) is 2. The standard InChI is InChI=1S/C29H23N5O2S/c1-18-9-10-19(28(30)35)16-25(18)32-29(36)23-7-2-3-8-27(23)37-21-12-13-22-24(33-34-26(22)17-21)14-11-20-6-4-5-15-31-20/h2-17H,1H3,(H2,30,35)(H,32,36)(H,33,34)/b14-11+. The predicted molar refractivity (Wildman–Crippen MR) is 147 cm³/mol. The van der Waals surface area contributed by atoms with Gasteiger partial charge < -0.3 is 11.1 Å². The van der Waals surface area contributed by atoms with Gasteiger partial charge in [0, 0.05) is 32.6 Å². The van der Waals surface area contributed by atoms with E-state index >= 15 is 0 Å². The number of amides is 2. The van der Waals surface area contributed by atoms with Crippen LogP contribution in [0.25, 0.3) is 23.1 Å². The molecule has 0 atom stereocenters. The molecule has 2 amide bonds. The van der Waals surface area contributed by atoms with Crippen LogP contribution in [-0.4, -0.2) is 27.0 Å². The molecule has 0 saturated heterocycles. The highest BCUT2D eigenvalue weighted by molar-refractivity contribution is 7.99. The van der Waals surface area contributed by atoms with Gasteiger partial charge in [-0.25, -0.2) is 0 Å². The molecule has 2 heterocycles. The van der Waals surface area contributed by atoms with E-state index in [1.54, 1.807) is 30.5 Å². The first-order valence-corrected chi connectivity index (χ1v) is 12.4. The van der Waals surface area contributed by atoms with E-state index in [-0.39, 0.29) is 5.91 Å². The fraction of sp³-hybridized carbons (Fsp3) is 0.0345. The van der Waals surface area contributed by atoms with Gasteiger partial charge in [0.1, 0.15) is 0 Å². The highest BCUT2D eigenvalue weighted by Gasteiger charge is 2.15. The van der Waals surface area contributed by atoms with Gasteiger partial charge in [0.05, 0.1) is 22.5 Å². The van der Waals surface area contributed by atoms with Gasteiger partial charge >= 0.3 is 0 Å². The van der Waals surface area contributed by atoms with Crippen LogP contribution in [0.15, 0.2) is 94.9 Å². The minimum absolute atomic E-state index is 0.266. The average molecular weight is 506 g/mol. The third-order valence-corrected chi connectivity index (χ3v) is 6.86. The van der Waals surface area contributed by atoms with Crippen LogP contribution >= 0.6 is 11.8 Å². The summed E-state index contributed by atoms with van der Waals surface area (Å²) < 4.78 is 0. The molecular weight excluding hydrogens is 482 g/mol. The van der Waals surface area contributed by atoms with Crippen LogP contribution in [-0.2, 0) is 0 Å². The predicted octanol–water partition coefficient (Wildman–Crippen LogP) is 5.94. The minimum atomic E-state index is -0.545. The number of pyridine rings is 1. The molecule has 3 aromatic carbocycles. The molecule has 182 valence electrons. The van der Waals surface area contributed by atoms with Gasteiger partial charge in [-0.2, -0.15) is 5.10 Å². The molecule has 0 unspecified atom stereocenters. The number of benzene rings is 3. The number of fused-ring (bicyclic) bond motifs is 1. The van der Waals surface area contributed by atoms with Gasteiger partial charge in [-0.3, -0.25) is 19.7 Å². The van der Waals surface area contributed by atoms with Crippen molar-refractivity contribution in [2.24, 2.45) is 5.73 Å². The summed E-state index contributed by atoms with van der Waals surface area (Å²) in [6, 6.07) is 24.2. The molecule has 37 heavy (non-hydrogen) atoms. The quantitative estimate of drug-likeness (QED) is 0.253. The smallest absolute Gasteiger partial charge is 0.256 e. The molecule has 0 saturated carbocycles. The Kier molecular flexibility index (Phi) is 6.83. The Morgan fingerprint density at radius 2 is 1.81 bits per heavy atom. The zero-order valence-corrected chi connectivity index (χ0v) is 20.8. The molecule has 0 radical (unpaired) electrons. The second-order valence-corrected chi connectivity index (χ2v) is 9.47. The summed E-state index contributed by atoms with van der Waals surface area (Å²) in [5.41, 5.74) is 10.2. The molecule has 8 heteroatoms. The molecule has 5 rings (SSSR count). The number of H-pyrrole nitrogens is 1. The summed E-state index contributed by atoms with van der Waals surface area (Å²) in [5, 5.41) is 11.4. The van der Waals surface area contributed by atoms with Crippen molar-refractivity contribution in [2.45, 2.75) is 16.7 Å². The summed E-state index contributed by atoms with van der Waals surface area (Å²) in [6.45, 7) is 1.86.